The molecule has 1 heterocycles. The van der Waals surface area contributed by atoms with E-state index < -0.39 is 49.0 Å². The molecule has 0 fully saturated rings. The zero-order valence-electron chi connectivity index (χ0n) is 28.0. The first-order valence-electron chi connectivity index (χ1n) is 16.8. The van der Waals surface area contributed by atoms with E-state index in [2.05, 4.69) is 16.0 Å². The maximum absolute atomic E-state index is 13.8. The van der Waals surface area contributed by atoms with Crippen LogP contribution in [0, 0.1) is 5.92 Å². The zero-order valence-corrected chi connectivity index (χ0v) is 28.0. The Labute approximate surface area is 283 Å². The highest BCUT2D eigenvalue weighted by Gasteiger charge is 2.33. The van der Waals surface area contributed by atoms with Gasteiger partial charge in [0.1, 0.15) is 18.1 Å². The predicted molar refractivity (Wildman–Crippen MR) is 186 cm³/mol. The van der Waals surface area contributed by atoms with Gasteiger partial charge in [-0.05, 0) is 67.6 Å². The molecule has 13 heteroatoms. The molecule has 1 aliphatic rings. The molecule has 0 saturated carbocycles. The van der Waals surface area contributed by atoms with Crippen LogP contribution in [0.5, 0.6) is 0 Å². The van der Waals surface area contributed by atoms with E-state index in [1.54, 1.807) is 6.08 Å². The Hall–Kier alpha value is -4.04. The number of benzene rings is 2. The molecule has 0 unspecified atom stereocenters. The van der Waals surface area contributed by atoms with E-state index in [1.807, 2.05) is 74.5 Å². The van der Waals surface area contributed by atoms with Crippen LogP contribution in [0.15, 0.2) is 72.2 Å². The monoisotopic (exact) mass is 662 g/mol. The van der Waals surface area contributed by atoms with Gasteiger partial charge in [-0.3, -0.25) is 19.2 Å². The second-order valence-corrected chi connectivity index (χ2v) is 12.8. The molecule has 0 bridgehead atoms. The van der Waals surface area contributed by atoms with Gasteiger partial charge in [-0.2, -0.15) is 0 Å². The first-order valence-corrected chi connectivity index (χ1v) is 16.8. The van der Waals surface area contributed by atoms with Gasteiger partial charge < -0.3 is 42.4 Å². The van der Waals surface area contributed by atoms with Gasteiger partial charge in [0, 0.05) is 19.5 Å². The number of nitrogens with zero attached hydrogens (tertiary/aromatic N) is 1. The van der Waals surface area contributed by atoms with Crippen LogP contribution in [-0.4, -0.2) is 89.5 Å². The van der Waals surface area contributed by atoms with Crippen molar-refractivity contribution in [1.82, 2.24) is 20.9 Å². The van der Waals surface area contributed by atoms with Crippen molar-refractivity contribution in [2.75, 3.05) is 19.6 Å². The summed E-state index contributed by atoms with van der Waals surface area (Å²) in [5.74, 6) is -1.90. The topological polar surface area (TPSA) is 200 Å². The van der Waals surface area contributed by atoms with E-state index in [9.17, 15) is 29.2 Å². The van der Waals surface area contributed by atoms with Crippen LogP contribution in [0.25, 0.3) is 0 Å². The lowest BCUT2D eigenvalue weighted by Gasteiger charge is -2.32. The van der Waals surface area contributed by atoms with Gasteiger partial charge in [0.2, 0.25) is 23.6 Å². The highest BCUT2D eigenvalue weighted by molar-refractivity contribution is 6.51. The number of hydrogen-bond acceptors (Lipinski definition) is 8. The van der Waals surface area contributed by atoms with Crippen molar-refractivity contribution in [3.63, 3.8) is 0 Å². The summed E-state index contributed by atoms with van der Waals surface area (Å²) >= 11 is 0. The number of nitrogens with two attached hydrogens (primary N) is 2. The molecule has 4 amide bonds. The lowest BCUT2D eigenvalue weighted by Crippen LogP contribution is -2.59. The first-order chi connectivity index (χ1) is 23.0. The van der Waals surface area contributed by atoms with Crippen molar-refractivity contribution in [3.8, 4) is 0 Å². The maximum Gasteiger partial charge on any atom is 0.485 e. The number of nitrogens with one attached hydrogen (secondary N) is 3. The Kier molecular flexibility index (Phi) is 15.8. The van der Waals surface area contributed by atoms with Gasteiger partial charge in [-0.25, -0.2) is 0 Å². The van der Waals surface area contributed by atoms with Crippen LogP contribution in [0.1, 0.15) is 57.1 Å². The first kappa shape index (κ1) is 38.4. The van der Waals surface area contributed by atoms with Gasteiger partial charge in [0.05, 0.1) is 6.04 Å². The predicted octanol–water partition coefficient (Wildman–Crippen LogP) is 0.599. The van der Waals surface area contributed by atoms with Crippen LogP contribution in [0.4, 0.5) is 0 Å². The summed E-state index contributed by atoms with van der Waals surface area (Å²) in [6.45, 7) is 4.68. The molecule has 0 radical (unpaired) electrons. The van der Waals surface area contributed by atoms with Crippen LogP contribution in [0.2, 0.25) is 0 Å². The number of unbranched alkanes of at least 4 members (excludes halogenated alkanes) is 1. The minimum Gasteiger partial charge on any atom is -0.423 e. The summed E-state index contributed by atoms with van der Waals surface area (Å²) in [4.78, 5) is 56.0. The molecule has 2 aromatic rings. The quantitative estimate of drug-likeness (QED) is 0.0889. The number of hydrogen-bond donors (Lipinski definition) is 7. The van der Waals surface area contributed by atoms with Gasteiger partial charge in [-0.15, -0.1) is 0 Å². The van der Waals surface area contributed by atoms with Gasteiger partial charge >= 0.3 is 7.12 Å². The van der Waals surface area contributed by atoms with Crippen LogP contribution in [-0.2, 0) is 32.0 Å². The molecule has 0 aromatic heterocycles. The zero-order chi connectivity index (χ0) is 35.1. The van der Waals surface area contributed by atoms with E-state index in [0.29, 0.717) is 44.2 Å². The summed E-state index contributed by atoms with van der Waals surface area (Å²) in [6.07, 6.45) is 4.47. The molecular formula is C35H51BN6O6. The Morgan fingerprint density at radius 3 is 1.96 bits per heavy atom. The SMILES string of the molecule is CC(C)C[C@@H](NC(=O)[C@@H](Cc1ccccc1)NC(=O)[C@H](N)Cc1ccccc1)C(=O)N[C@H](CCCCN)C(=O)N1CCC=C(B(O)O)C1. The second-order valence-electron chi connectivity index (χ2n) is 12.8. The third kappa shape index (κ3) is 12.5. The molecule has 3 rings (SSSR count). The summed E-state index contributed by atoms with van der Waals surface area (Å²) in [6, 6.07) is 14.8. The second kappa shape index (κ2) is 19.7. The Morgan fingerprint density at radius 2 is 1.38 bits per heavy atom. The number of rotatable bonds is 18. The van der Waals surface area contributed by atoms with Crippen molar-refractivity contribution >= 4 is 30.7 Å². The summed E-state index contributed by atoms with van der Waals surface area (Å²) in [5, 5.41) is 27.8. The summed E-state index contributed by atoms with van der Waals surface area (Å²) < 4.78 is 0. The molecule has 1 aliphatic heterocycles. The fourth-order valence-electron chi connectivity index (χ4n) is 5.66. The Balaban J connectivity index is 1.78. The van der Waals surface area contributed by atoms with Crippen molar-refractivity contribution in [3.05, 3.63) is 83.3 Å². The lowest BCUT2D eigenvalue weighted by molar-refractivity contribution is -0.138. The normalized spacial score (nSPS) is 15.5. The molecule has 9 N–H and O–H groups in total. The van der Waals surface area contributed by atoms with Crippen molar-refractivity contribution in [2.24, 2.45) is 17.4 Å². The summed E-state index contributed by atoms with van der Waals surface area (Å²) in [5.41, 5.74) is 14.0. The molecular weight excluding hydrogens is 611 g/mol. The standard InChI is InChI=1S/C35H51BN6O6/c1-24(2)20-30(33(44)39-29(17-9-10-18-37)35(46)42-19-11-16-27(23-42)36(47)48)41-34(45)31(22-26-14-7-4-8-15-26)40-32(43)28(38)21-25-12-5-3-6-13-25/h3-8,12-16,24,28-31,47-48H,9-11,17-23,37-38H2,1-2H3,(H,39,44)(H,40,43)(H,41,45)/t28-,29-,30-,31-/m1/s1. The number of carbonyl (C=O) groups excluding carboxylic acids is 4. The van der Waals surface area contributed by atoms with Crippen LogP contribution in [0.3, 0.4) is 0 Å². The fraction of sp³-hybridized carbons (Fsp3) is 0.486. The van der Waals surface area contributed by atoms with Crippen LogP contribution >= 0.6 is 0 Å². The van der Waals surface area contributed by atoms with E-state index in [0.717, 1.165) is 11.1 Å². The molecule has 0 aliphatic carbocycles. The van der Waals surface area contributed by atoms with Crippen molar-refractivity contribution in [1.29, 1.82) is 0 Å². The fourth-order valence-corrected chi connectivity index (χ4v) is 5.66. The number of carbonyl (C=O) groups is 4. The number of amides is 4. The molecule has 12 nitrogen and oxygen atoms in total. The Bertz CT molecular complexity index is 1360. The maximum atomic E-state index is 13.8. The molecule has 0 saturated heterocycles. The van der Waals surface area contributed by atoms with Crippen LogP contribution < -0.4 is 27.4 Å². The van der Waals surface area contributed by atoms with Gasteiger partial charge in [0.15, 0.2) is 0 Å². The minimum atomic E-state index is -1.67. The van der Waals surface area contributed by atoms with E-state index in [4.69, 9.17) is 11.5 Å². The molecule has 48 heavy (non-hydrogen) atoms. The van der Waals surface area contributed by atoms with E-state index >= 15 is 0 Å². The average molecular weight is 663 g/mol. The molecule has 2 aromatic carbocycles. The highest BCUT2D eigenvalue weighted by Crippen LogP contribution is 2.15. The molecule has 260 valence electrons. The molecule has 4 atom stereocenters. The third-order valence-electron chi connectivity index (χ3n) is 8.27. The molecule has 0 spiro atoms. The van der Waals surface area contributed by atoms with Crippen molar-refractivity contribution < 1.29 is 29.2 Å². The van der Waals surface area contributed by atoms with Gasteiger partial charge in [0.25, 0.3) is 0 Å². The van der Waals surface area contributed by atoms with E-state index in [-0.39, 0.29) is 37.6 Å². The third-order valence-corrected chi connectivity index (χ3v) is 8.27. The lowest BCUT2D eigenvalue weighted by atomic mass is 9.77. The highest BCUT2D eigenvalue weighted by atomic mass is 16.4. The minimum absolute atomic E-state index is 0.00901. The average Bonchev–Trinajstić information content (AvgIpc) is 3.07. The Morgan fingerprint density at radius 1 is 0.812 bits per heavy atom. The summed E-state index contributed by atoms with van der Waals surface area (Å²) in [7, 11) is -1.67. The van der Waals surface area contributed by atoms with E-state index in [1.165, 1.54) is 4.90 Å². The van der Waals surface area contributed by atoms with Crippen molar-refractivity contribution in [2.45, 2.75) is 83.0 Å². The smallest absolute Gasteiger partial charge is 0.423 e. The largest absolute Gasteiger partial charge is 0.485 e. The van der Waals surface area contributed by atoms with Gasteiger partial charge in [-0.1, -0.05) is 80.6 Å².